The zero-order chi connectivity index (χ0) is 21.7. The fourth-order valence-electron chi connectivity index (χ4n) is 4.38. The number of halogens is 1. The van der Waals surface area contributed by atoms with Gasteiger partial charge in [0, 0.05) is 37.2 Å². The first-order chi connectivity index (χ1) is 14.4. The first kappa shape index (κ1) is 22.7. The molecule has 2 heterocycles. The van der Waals surface area contributed by atoms with Crippen LogP contribution in [0.15, 0.2) is 12.1 Å². The molecule has 0 aliphatic carbocycles. The van der Waals surface area contributed by atoms with Gasteiger partial charge in [0.2, 0.25) is 0 Å². The Morgan fingerprint density at radius 1 is 1.33 bits per heavy atom. The lowest BCUT2D eigenvalue weighted by Gasteiger charge is -2.36. The minimum absolute atomic E-state index is 0.0832. The second-order valence-electron chi connectivity index (χ2n) is 8.17. The van der Waals surface area contributed by atoms with Crippen LogP contribution >= 0.6 is 11.6 Å². The number of nitrogen functional groups attached to an aromatic ring is 1. The zero-order valence-corrected chi connectivity index (χ0v) is 18.8. The third kappa shape index (κ3) is 5.60. The molecular formula is C23H32ClN3O3. The summed E-state index contributed by atoms with van der Waals surface area (Å²) >= 11 is 6.19. The van der Waals surface area contributed by atoms with Crippen LogP contribution in [-0.2, 0) is 4.74 Å². The van der Waals surface area contributed by atoms with Crippen molar-refractivity contribution < 1.29 is 14.3 Å². The van der Waals surface area contributed by atoms with Crippen molar-refractivity contribution in [3.8, 4) is 17.6 Å². The zero-order valence-electron chi connectivity index (χ0n) is 18.0. The quantitative estimate of drug-likeness (QED) is 0.508. The van der Waals surface area contributed by atoms with Crippen molar-refractivity contribution in [1.82, 2.24) is 10.2 Å². The van der Waals surface area contributed by atoms with Gasteiger partial charge in [-0.1, -0.05) is 23.4 Å². The van der Waals surface area contributed by atoms with E-state index in [1.165, 1.54) is 12.8 Å². The molecule has 0 saturated carbocycles. The Bertz CT molecular complexity index is 806. The molecule has 2 aliphatic heterocycles. The smallest absolute Gasteiger partial charge is 0.255 e. The van der Waals surface area contributed by atoms with E-state index in [2.05, 4.69) is 29.1 Å². The number of benzene rings is 1. The molecule has 2 aliphatic rings. The summed E-state index contributed by atoms with van der Waals surface area (Å²) in [6, 6.07) is 4.44. The number of hydrogen-bond acceptors (Lipinski definition) is 5. The molecule has 2 saturated heterocycles. The molecular weight excluding hydrogens is 402 g/mol. The second kappa shape index (κ2) is 10.4. The van der Waals surface area contributed by atoms with Crippen molar-refractivity contribution >= 4 is 23.2 Å². The average Bonchev–Trinajstić information content (AvgIpc) is 2.90. The molecule has 2 fully saturated rings. The third-order valence-electron chi connectivity index (χ3n) is 6.04. The number of fused-ring (bicyclic) bond motifs is 2. The van der Waals surface area contributed by atoms with E-state index in [0.29, 0.717) is 47.1 Å². The van der Waals surface area contributed by atoms with Gasteiger partial charge < -0.3 is 25.4 Å². The molecule has 0 radical (unpaired) electrons. The van der Waals surface area contributed by atoms with Gasteiger partial charge in [-0.05, 0) is 52.6 Å². The predicted molar refractivity (Wildman–Crippen MR) is 120 cm³/mol. The van der Waals surface area contributed by atoms with Gasteiger partial charge in [0.05, 0.1) is 22.4 Å². The summed E-state index contributed by atoms with van der Waals surface area (Å²) in [5, 5.41) is 3.52. The van der Waals surface area contributed by atoms with Crippen molar-refractivity contribution in [2.75, 3.05) is 26.0 Å². The number of ether oxygens (including phenoxy) is 2. The van der Waals surface area contributed by atoms with Crippen LogP contribution in [0.5, 0.6) is 5.75 Å². The Labute approximate surface area is 184 Å². The van der Waals surface area contributed by atoms with Gasteiger partial charge in [0.15, 0.2) is 0 Å². The number of amides is 1. The number of hydrogen-bond donors (Lipinski definition) is 2. The van der Waals surface area contributed by atoms with Crippen molar-refractivity contribution in [2.24, 2.45) is 0 Å². The minimum atomic E-state index is -0.182. The van der Waals surface area contributed by atoms with Gasteiger partial charge >= 0.3 is 0 Å². The van der Waals surface area contributed by atoms with Crippen LogP contribution in [0.25, 0.3) is 0 Å². The Hall–Kier alpha value is -1.94. The molecule has 3 atom stereocenters. The molecule has 3 N–H and O–H groups in total. The Kier molecular flexibility index (Phi) is 7.87. The molecule has 1 amide bonds. The summed E-state index contributed by atoms with van der Waals surface area (Å²) in [7, 11) is 2.18. The molecule has 2 bridgehead atoms. The number of carbonyl (C=O) groups is 1. The number of nitrogens with two attached hydrogens (primary N) is 1. The van der Waals surface area contributed by atoms with Crippen LogP contribution in [0.1, 0.15) is 56.3 Å². The van der Waals surface area contributed by atoms with Gasteiger partial charge in [-0.2, -0.15) is 0 Å². The molecule has 1 aromatic carbocycles. The summed E-state index contributed by atoms with van der Waals surface area (Å²) in [6.45, 7) is 4.77. The maximum Gasteiger partial charge on any atom is 0.255 e. The first-order valence-corrected chi connectivity index (χ1v) is 11.1. The fourth-order valence-corrected chi connectivity index (χ4v) is 4.55. The van der Waals surface area contributed by atoms with Gasteiger partial charge in [0.25, 0.3) is 5.91 Å². The van der Waals surface area contributed by atoms with Crippen LogP contribution in [-0.4, -0.2) is 55.3 Å². The van der Waals surface area contributed by atoms with E-state index in [0.717, 1.165) is 12.8 Å². The van der Waals surface area contributed by atoms with Crippen molar-refractivity contribution in [1.29, 1.82) is 0 Å². The Balaban J connectivity index is 1.63. The number of nitrogens with zero attached hydrogens (tertiary/aromatic N) is 1. The van der Waals surface area contributed by atoms with Crippen LogP contribution in [0.3, 0.4) is 0 Å². The summed E-state index contributed by atoms with van der Waals surface area (Å²) in [5.74, 6) is 6.22. The topological polar surface area (TPSA) is 76.8 Å². The van der Waals surface area contributed by atoms with Crippen LogP contribution < -0.4 is 15.8 Å². The summed E-state index contributed by atoms with van der Waals surface area (Å²) in [5.41, 5.74) is 6.70. The van der Waals surface area contributed by atoms with Crippen LogP contribution in [0.2, 0.25) is 5.02 Å². The van der Waals surface area contributed by atoms with E-state index in [9.17, 15) is 4.79 Å². The summed E-state index contributed by atoms with van der Waals surface area (Å²) in [6.07, 6.45) is 5.07. The highest BCUT2D eigenvalue weighted by atomic mass is 35.5. The molecule has 0 spiro atoms. The van der Waals surface area contributed by atoms with Gasteiger partial charge in [0.1, 0.15) is 12.4 Å². The van der Waals surface area contributed by atoms with E-state index in [4.69, 9.17) is 26.8 Å². The molecule has 3 unspecified atom stereocenters. The highest BCUT2D eigenvalue weighted by molar-refractivity contribution is 6.33. The minimum Gasteiger partial charge on any atom is -0.480 e. The number of rotatable bonds is 7. The lowest BCUT2D eigenvalue weighted by molar-refractivity contribution is 0.0802. The number of anilines is 1. The third-order valence-corrected chi connectivity index (χ3v) is 6.37. The summed E-state index contributed by atoms with van der Waals surface area (Å²) < 4.78 is 11.2. The lowest BCUT2D eigenvalue weighted by Crippen LogP contribution is -2.48. The molecule has 0 aromatic heterocycles. The van der Waals surface area contributed by atoms with E-state index >= 15 is 0 Å². The van der Waals surface area contributed by atoms with Gasteiger partial charge in [-0.15, -0.1) is 0 Å². The molecule has 3 rings (SSSR count). The molecule has 7 heteroatoms. The monoisotopic (exact) mass is 433 g/mol. The maximum atomic E-state index is 13.0. The molecule has 30 heavy (non-hydrogen) atoms. The number of carbonyl (C=O) groups excluding carboxylic acids is 1. The SMILES string of the molecule is CCOC(C)CC#CCOc1cc(N)c(Cl)cc1C(=O)NC1CC2CCC(C1)N2C. The van der Waals surface area contributed by atoms with E-state index < -0.39 is 0 Å². The normalized spacial score (nSPS) is 24.1. The number of nitrogens with one attached hydrogen (secondary N) is 1. The Morgan fingerprint density at radius 2 is 2.03 bits per heavy atom. The Morgan fingerprint density at radius 3 is 2.70 bits per heavy atom. The highest BCUT2D eigenvalue weighted by Gasteiger charge is 2.39. The number of piperidine rings is 1. The largest absolute Gasteiger partial charge is 0.480 e. The van der Waals surface area contributed by atoms with Crippen molar-refractivity contribution in [2.45, 2.75) is 70.2 Å². The maximum absolute atomic E-state index is 13.0. The standard InChI is InChI=1S/C23H32ClN3O3/c1-4-29-15(2)7-5-6-10-30-22-14-21(25)20(24)13-19(22)23(28)26-16-11-17-8-9-18(12-16)27(17)3/h13-18H,4,7-12,25H2,1-3H3,(H,26,28). The molecule has 1 aromatic rings. The summed E-state index contributed by atoms with van der Waals surface area (Å²) in [4.78, 5) is 15.5. The predicted octanol–water partition coefficient (Wildman–Crippen LogP) is 3.47. The van der Waals surface area contributed by atoms with Crippen molar-refractivity contribution in [3.05, 3.63) is 22.7 Å². The average molecular weight is 434 g/mol. The lowest BCUT2D eigenvalue weighted by atomic mass is 9.97. The second-order valence-corrected chi connectivity index (χ2v) is 8.58. The van der Waals surface area contributed by atoms with E-state index in [-0.39, 0.29) is 24.7 Å². The van der Waals surface area contributed by atoms with Crippen LogP contribution in [0, 0.1) is 11.8 Å². The van der Waals surface area contributed by atoms with E-state index in [1.54, 1.807) is 12.1 Å². The fraction of sp³-hybridized carbons (Fsp3) is 0.609. The van der Waals surface area contributed by atoms with E-state index in [1.807, 2.05) is 13.8 Å². The van der Waals surface area contributed by atoms with Gasteiger partial charge in [-0.3, -0.25) is 4.79 Å². The van der Waals surface area contributed by atoms with Crippen molar-refractivity contribution in [3.63, 3.8) is 0 Å². The molecule has 164 valence electrons. The highest BCUT2D eigenvalue weighted by Crippen LogP contribution is 2.35. The first-order valence-electron chi connectivity index (χ1n) is 10.7. The molecule has 6 nitrogen and oxygen atoms in total. The van der Waals surface area contributed by atoms with Crippen LogP contribution in [0.4, 0.5) is 5.69 Å². The van der Waals surface area contributed by atoms with Gasteiger partial charge in [-0.25, -0.2) is 0 Å².